The molecule has 0 saturated carbocycles. The van der Waals surface area contributed by atoms with Crippen LogP contribution < -0.4 is 9.47 Å². The van der Waals surface area contributed by atoms with E-state index in [0.29, 0.717) is 11.5 Å². The summed E-state index contributed by atoms with van der Waals surface area (Å²) in [5, 5.41) is 29.5. The molecule has 0 spiro atoms. The second-order valence-corrected chi connectivity index (χ2v) is 5.03. The third kappa shape index (κ3) is 4.21. The Kier molecular flexibility index (Phi) is 5.84. The quantitative estimate of drug-likeness (QED) is 0.610. The molecule has 0 bridgehead atoms. The normalized spacial score (nSPS) is 31.3. The van der Waals surface area contributed by atoms with E-state index in [4.69, 9.17) is 20.3 Å². The number of rotatable bonds is 7. The molecule has 0 aromatic heterocycles. The number of methoxy groups -OCH3 is 1. The Labute approximate surface area is 136 Å². The Balaban J connectivity index is 2.14. The third-order valence-electron chi connectivity index (χ3n) is 3.51. The van der Waals surface area contributed by atoms with Crippen molar-refractivity contribution >= 4 is 0 Å². The smallest absolute Gasteiger partial charge is 0.229 e. The summed E-state index contributed by atoms with van der Waals surface area (Å²) in [6.07, 6.45) is -5.82. The lowest BCUT2D eigenvalue weighted by Gasteiger charge is -2.41. The van der Waals surface area contributed by atoms with E-state index in [0.717, 1.165) is 0 Å². The molecule has 7 heteroatoms. The van der Waals surface area contributed by atoms with Crippen molar-refractivity contribution < 1.29 is 35.6 Å². The molecule has 7 nitrogen and oxygen atoms in total. The van der Waals surface area contributed by atoms with Crippen LogP contribution in [0.5, 0.6) is 11.5 Å². The van der Waals surface area contributed by atoms with Crippen LogP contribution in [0.4, 0.5) is 0 Å². The van der Waals surface area contributed by atoms with Crippen LogP contribution in [0, 0.1) is 0 Å². The zero-order valence-electron chi connectivity index (χ0n) is 13.8. The van der Waals surface area contributed by atoms with Gasteiger partial charge in [-0.05, 0) is 24.3 Å². The van der Waals surface area contributed by atoms with Gasteiger partial charge in [0.05, 0.1) is 21.7 Å². The van der Waals surface area contributed by atoms with Crippen molar-refractivity contribution in [1.82, 2.24) is 0 Å². The largest absolute Gasteiger partial charge is 0.497 e. The number of aliphatic hydroxyl groups is 3. The molecule has 1 aliphatic heterocycles. The van der Waals surface area contributed by atoms with Crippen molar-refractivity contribution in [1.29, 1.82) is 0 Å². The maximum absolute atomic E-state index is 10.2. The molecular formula is C16H22O7. The highest BCUT2D eigenvalue weighted by molar-refractivity contribution is 5.31. The van der Waals surface area contributed by atoms with E-state index < -0.39 is 37.3 Å². The summed E-state index contributed by atoms with van der Waals surface area (Å²) in [5.74, 6) is 1.08. The van der Waals surface area contributed by atoms with Crippen LogP contribution in [0.2, 0.25) is 0 Å². The van der Waals surface area contributed by atoms with Gasteiger partial charge in [-0.3, -0.25) is 0 Å². The molecule has 0 amide bonds. The monoisotopic (exact) mass is 327 g/mol. The predicted octanol–water partition coefficient (Wildman–Crippen LogP) is 0.0842. The van der Waals surface area contributed by atoms with Crippen molar-refractivity contribution in [3.8, 4) is 11.5 Å². The molecule has 3 N–H and O–H groups in total. The van der Waals surface area contributed by atoms with Gasteiger partial charge in [-0.25, -0.2) is 0 Å². The third-order valence-corrected chi connectivity index (χ3v) is 3.51. The van der Waals surface area contributed by atoms with Crippen molar-refractivity contribution in [3.05, 3.63) is 36.9 Å². The minimum atomic E-state index is -1.35. The van der Waals surface area contributed by atoms with E-state index in [1.165, 1.54) is 0 Å². The molecule has 1 aromatic rings. The standard InChI is InChI=1S/C16H22O7/c1-3-8-21-15-14(19)13(18)12(9-17)23-16(15)22-11-6-4-10(20-2)5-7-11/h3-7,12-19H,1,8-9H2,2H3/t12-,13+,14+,15-,16?/m1/s1/i3D. The van der Waals surface area contributed by atoms with Crippen LogP contribution in [0.3, 0.4) is 0 Å². The van der Waals surface area contributed by atoms with Gasteiger partial charge >= 0.3 is 0 Å². The fourth-order valence-corrected chi connectivity index (χ4v) is 2.27. The van der Waals surface area contributed by atoms with Crippen LogP contribution in [-0.2, 0) is 9.47 Å². The van der Waals surface area contributed by atoms with Crippen LogP contribution >= 0.6 is 0 Å². The van der Waals surface area contributed by atoms with Crippen molar-refractivity contribution in [3.63, 3.8) is 0 Å². The zero-order valence-corrected chi connectivity index (χ0v) is 12.8. The van der Waals surface area contributed by atoms with Crippen molar-refractivity contribution in [2.75, 3.05) is 20.3 Å². The van der Waals surface area contributed by atoms with Gasteiger partial charge in [-0.2, -0.15) is 0 Å². The first kappa shape index (κ1) is 16.2. The molecular weight excluding hydrogens is 304 g/mol. The molecule has 23 heavy (non-hydrogen) atoms. The van der Waals surface area contributed by atoms with E-state index in [2.05, 4.69) is 6.58 Å². The summed E-state index contributed by atoms with van der Waals surface area (Å²) in [6, 6.07) is 6.68. The summed E-state index contributed by atoms with van der Waals surface area (Å²) in [5.41, 5.74) is 0. The van der Waals surface area contributed by atoms with Gasteiger partial charge in [0, 0.05) is 0 Å². The molecule has 1 heterocycles. The van der Waals surface area contributed by atoms with Crippen LogP contribution in [0.15, 0.2) is 36.9 Å². The molecule has 1 aliphatic rings. The average molecular weight is 327 g/mol. The maximum atomic E-state index is 10.2. The Morgan fingerprint density at radius 3 is 2.48 bits per heavy atom. The SMILES string of the molecule is [2H]C(=C)CO[C@H]1C(Oc2ccc(OC)cc2)O[C@H](CO)[C@H](O)[C@@H]1O. The number of hydrogen-bond donors (Lipinski definition) is 3. The fraction of sp³-hybridized carbons (Fsp3) is 0.500. The Morgan fingerprint density at radius 1 is 1.26 bits per heavy atom. The highest BCUT2D eigenvalue weighted by Crippen LogP contribution is 2.27. The summed E-state index contributed by atoms with van der Waals surface area (Å²) in [4.78, 5) is 0. The Hall–Kier alpha value is -1.64. The summed E-state index contributed by atoms with van der Waals surface area (Å²) < 4.78 is 28.9. The molecule has 1 unspecified atom stereocenters. The van der Waals surface area contributed by atoms with Gasteiger partial charge in [-0.15, -0.1) is 6.58 Å². The molecule has 1 fully saturated rings. The topological polar surface area (TPSA) is 97.6 Å². The van der Waals surface area contributed by atoms with E-state index in [1.807, 2.05) is 0 Å². The second-order valence-electron chi connectivity index (χ2n) is 5.03. The summed E-state index contributed by atoms with van der Waals surface area (Å²) >= 11 is 0. The van der Waals surface area contributed by atoms with Crippen molar-refractivity contribution in [2.24, 2.45) is 0 Å². The number of hydrogen-bond acceptors (Lipinski definition) is 7. The van der Waals surface area contributed by atoms with Gasteiger partial charge in [-0.1, -0.05) is 6.05 Å². The average Bonchev–Trinajstić information content (AvgIpc) is 2.58. The number of ether oxygens (including phenoxy) is 4. The molecule has 5 atom stereocenters. The van der Waals surface area contributed by atoms with Gasteiger partial charge in [0.2, 0.25) is 6.29 Å². The fourth-order valence-electron chi connectivity index (χ4n) is 2.27. The minimum Gasteiger partial charge on any atom is -0.497 e. The lowest BCUT2D eigenvalue weighted by Crippen LogP contribution is -2.60. The van der Waals surface area contributed by atoms with E-state index >= 15 is 0 Å². The Morgan fingerprint density at radius 2 is 1.91 bits per heavy atom. The molecule has 2 rings (SSSR count). The van der Waals surface area contributed by atoms with E-state index in [9.17, 15) is 15.3 Å². The highest BCUT2D eigenvalue weighted by atomic mass is 16.7. The van der Waals surface area contributed by atoms with Gasteiger partial charge < -0.3 is 34.3 Å². The first-order chi connectivity index (χ1) is 11.5. The van der Waals surface area contributed by atoms with Gasteiger partial charge in [0.1, 0.15) is 35.9 Å². The van der Waals surface area contributed by atoms with Crippen LogP contribution in [0.25, 0.3) is 0 Å². The molecule has 0 radical (unpaired) electrons. The number of aliphatic hydroxyl groups excluding tert-OH is 3. The molecule has 128 valence electrons. The van der Waals surface area contributed by atoms with Gasteiger partial charge in [0.25, 0.3) is 0 Å². The molecule has 0 aliphatic carbocycles. The first-order valence-electron chi connectivity index (χ1n) is 7.65. The molecule has 1 aromatic carbocycles. The molecule has 1 saturated heterocycles. The lowest BCUT2D eigenvalue weighted by molar-refractivity contribution is -0.285. The summed E-state index contributed by atoms with van der Waals surface area (Å²) in [7, 11) is 1.54. The van der Waals surface area contributed by atoms with Crippen molar-refractivity contribution in [2.45, 2.75) is 30.7 Å². The second kappa shape index (κ2) is 8.28. The maximum Gasteiger partial charge on any atom is 0.229 e. The van der Waals surface area contributed by atoms with Crippen LogP contribution in [-0.4, -0.2) is 66.3 Å². The zero-order chi connectivity index (χ0) is 17.7. The highest BCUT2D eigenvalue weighted by Gasteiger charge is 2.46. The lowest BCUT2D eigenvalue weighted by atomic mass is 9.99. The van der Waals surface area contributed by atoms with E-state index in [-0.39, 0.29) is 12.7 Å². The first-order valence-corrected chi connectivity index (χ1v) is 7.15. The number of benzene rings is 1. The van der Waals surface area contributed by atoms with Crippen LogP contribution in [0.1, 0.15) is 1.37 Å². The minimum absolute atomic E-state index is 0.00386. The predicted molar refractivity (Wildman–Crippen MR) is 81.3 cm³/mol. The Bertz CT molecular complexity index is 536. The van der Waals surface area contributed by atoms with Gasteiger partial charge in [0.15, 0.2) is 0 Å². The van der Waals surface area contributed by atoms with E-state index in [1.54, 1.807) is 31.4 Å². The summed E-state index contributed by atoms with van der Waals surface area (Å²) in [6.45, 7) is 2.77.